The quantitative estimate of drug-likeness (QED) is 0.685. The first-order valence-electron chi connectivity index (χ1n) is 6.21. The number of esters is 1. The molecular formula is C12H20N2O3. The molecule has 1 aromatic rings. The van der Waals surface area contributed by atoms with Gasteiger partial charge in [-0.05, 0) is 19.8 Å². The summed E-state index contributed by atoms with van der Waals surface area (Å²) >= 11 is 0. The van der Waals surface area contributed by atoms with Crippen molar-refractivity contribution in [2.24, 2.45) is 0 Å². The number of hydrogen-bond acceptors (Lipinski definition) is 5. The molecule has 5 nitrogen and oxygen atoms in total. The van der Waals surface area contributed by atoms with Gasteiger partial charge in [0.2, 0.25) is 5.89 Å². The lowest BCUT2D eigenvalue weighted by atomic mass is 10.0. The smallest absolute Gasteiger partial charge is 0.318 e. The number of rotatable bonds is 7. The molecule has 17 heavy (non-hydrogen) atoms. The van der Waals surface area contributed by atoms with Crippen molar-refractivity contribution in [1.82, 2.24) is 10.1 Å². The van der Waals surface area contributed by atoms with Gasteiger partial charge >= 0.3 is 5.97 Å². The van der Waals surface area contributed by atoms with E-state index in [2.05, 4.69) is 10.1 Å². The molecule has 0 bridgehead atoms. The van der Waals surface area contributed by atoms with Crippen molar-refractivity contribution in [2.75, 3.05) is 6.61 Å². The second-order valence-electron chi connectivity index (χ2n) is 3.89. The predicted molar refractivity (Wildman–Crippen MR) is 62.6 cm³/mol. The van der Waals surface area contributed by atoms with Gasteiger partial charge in [-0.15, -0.1) is 0 Å². The monoisotopic (exact) mass is 240 g/mol. The molecular weight excluding hydrogens is 220 g/mol. The van der Waals surface area contributed by atoms with E-state index in [0.717, 1.165) is 19.3 Å². The number of aromatic nitrogens is 2. The van der Waals surface area contributed by atoms with Crippen molar-refractivity contribution in [1.29, 1.82) is 0 Å². The van der Waals surface area contributed by atoms with Crippen LogP contribution in [0, 0.1) is 0 Å². The number of ether oxygens (including phenoxy) is 1. The van der Waals surface area contributed by atoms with Crippen LogP contribution in [0.15, 0.2) is 4.52 Å². The van der Waals surface area contributed by atoms with Gasteiger partial charge in [-0.3, -0.25) is 4.79 Å². The Hall–Kier alpha value is -1.39. The van der Waals surface area contributed by atoms with Gasteiger partial charge in [-0.2, -0.15) is 4.98 Å². The highest BCUT2D eigenvalue weighted by atomic mass is 16.5. The van der Waals surface area contributed by atoms with E-state index in [-0.39, 0.29) is 5.97 Å². The molecule has 0 aliphatic rings. The molecule has 0 fully saturated rings. The van der Waals surface area contributed by atoms with E-state index in [1.807, 2.05) is 13.8 Å². The fourth-order valence-corrected chi connectivity index (χ4v) is 1.61. The number of carbonyl (C=O) groups is 1. The zero-order chi connectivity index (χ0) is 12.7. The van der Waals surface area contributed by atoms with Crippen LogP contribution in [0.2, 0.25) is 0 Å². The van der Waals surface area contributed by atoms with Gasteiger partial charge in [0.15, 0.2) is 5.82 Å². The number of hydrogen-bond donors (Lipinski definition) is 0. The Morgan fingerprint density at radius 1 is 1.35 bits per heavy atom. The van der Waals surface area contributed by atoms with Crippen molar-refractivity contribution in [3.8, 4) is 0 Å². The van der Waals surface area contributed by atoms with E-state index in [1.165, 1.54) is 0 Å². The predicted octanol–water partition coefficient (Wildman–Crippen LogP) is 2.47. The van der Waals surface area contributed by atoms with Crippen LogP contribution in [0.5, 0.6) is 0 Å². The molecule has 1 unspecified atom stereocenters. The minimum atomic E-state index is -0.418. The van der Waals surface area contributed by atoms with Gasteiger partial charge in [0.25, 0.3) is 0 Å². The van der Waals surface area contributed by atoms with Gasteiger partial charge < -0.3 is 9.26 Å². The Morgan fingerprint density at radius 3 is 2.71 bits per heavy atom. The average molecular weight is 240 g/mol. The molecule has 1 heterocycles. The van der Waals surface area contributed by atoms with Crippen molar-refractivity contribution in [3.05, 3.63) is 11.7 Å². The topological polar surface area (TPSA) is 65.2 Å². The lowest BCUT2D eigenvalue weighted by Crippen LogP contribution is -2.16. The minimum absolute atomic E-state index is 0.277. The second-order valence-corrected chi connectivity index (χ2v) is 3.89. The molecule has 0 aromatic carbocycles. The molecule has 0 radical (unpaired) electrons. The van der Waals surface area contributed by atoms with E-state index in [9.17, 15) is 4.79 Å². The molecule has 96 valence electrons. The molecule has 1 aromatic heterocycles. The Bertz CT molecular complexity index is 349. The normalized spacial score (nSPS) is 12.4. The van der Waals surface area contributed by atoms with Crippen molar-refractivity contribution >= 4 is 5.97 Å². The van der Waals surface area contributed by atoms with E-state index in [1.54, 1.807) is 6.92 Å². The molecule has 0 amide bonds. The third kappa shape index (κ3) is 3.84. The molecule has 0 saturated carbocycles. The SMILES string of the molecule is CCCc1noc(C(CCC)C(=O)OCC)n1. The van der Waals surface area contributed by atoms with Crippen LogP contribution < -0.4 is 0 Å². The summed E-state index contributed by atoms with van der Waals surface area (Å²) in [6.07, 6.45) is 3.27. The zero-order valence-electron chi connectivity index (χ0n) is 10.7. The van der Waals surface area contributed by atoms with E-state index in [0.29, 0.717) is 24.7 Å². The summed E-state index contributed by atoms with van der Waals surface area (Å²) in [5.41, 5.74) is 0. The number of carbonyl (C=O) groups excluding carboxylic acids is 1. The second kappa shape index (κ2) is 7.04. The van der Waals surface area contributed by atoms with Crippen LogP contribution in [0.4, 0.5) is 0 Å². The van der Waals surface area contributed by atoms with Crippen molar-refractivity contribution in [3.63, 3.8) is 0 Å². The Morgan fingerprint density at radius 2 is 2.12 bits per heavy atom. The van der Waals surface area contributed by atoms with Gasteiger partial charge in [0, 0.05) is 6.42 Å². The number of aryl methyl sites for hydroxylation is 1. The standard InChI is InChI=1S/C12H20N2O3/c1-4-7-9(12(15)16-6-3)11-13-10(8-5-2)14-17-11/h9H,4-8H2,1-3H3. The molecule has 0 N–H and O–H groups in total. The molecule has 0 saturated heterocycles. The summed E-state index contributed by atoms with van der Waals surface area (Å²) in [6.45, 7) is 6.21. The molecule has 0 aliphatic heterocycles. The molecule has 0 spiro atoms. The van der Waals surface area contributed by atoms with Crippen LogP contribution in [-0.2, 0) is 16.0 Å². The Balaban J connectivity index is 2.77. The van der Waals surface area contributed by atoms with Crippen molar-refractivity contribution < 1.29 is 14.1 Å². The Labute approximate surface area is 102 Å². The molecule has 1 rings (SSSR count). The highest BCUT2D eigenvalue weighted by Gasteiger charge is 2.27. The van der Waals surface area contributed by atoms with Gasteiger partial charge in [0.05, 0.1) is 6.61 Å². The largest absolute Gasteiger partial charge is 0.465 e. The lowest BCUT2D eigenvalue weighted by Gasteiger charge is -2.09. The fourth-order valence-electron chi connectivity index (χ4n) is 1.61. The summed E-state index contributed by atoms with van der Waals surface area (Å²) in [5, 5.41) is 3.86. The maximum atomic E-state index is 11.8. The maximum absolute atomic E-state index is 11.8. The highest BCUT2D eigenvalue weighted by molar-refractivity contribution is 5.76. The summed E-state index contributed by atoms with van der Waals surface area (Å²) < 4.78 is 10.2. The van der Waals surface area contributed by atoms with Crippen LogP contribution >= 0.6 is 0 Å². The summed E-state index contributed by atoms with van der Waals surface area (Å²) in [4.78, 5) is 16.0. The average Bonchev–Trinajstić information content (AvgIpc) is 2.75. The van der Waals surface area contributed by atoms with Crippen LogP contribution in [0.1, 0.15) is 57.7 Å². The molecule has 0 aliphatic carbocycles. The van der Waals surface area contributed by atoms with Gasteiger partial charge in [0.1, 0.15) is 5.92 Å². The van der Waals surface area contributed by atoms with Crippen LogP contribution in [0.3, 0.4) is 0 Å². The first-order chi connectivity index (χ1) is 8.22. The summed E-state index contributed by atoms with van der Waals surface area (Å²) in [5.74, 6) is 0.348. The lowest BCUT2D eigenvalue weighted by molar-refractivity contribution is -0.145. The summed E-state index contributed by atoms with van der Waals surface area (Å²) in [7, 11) is 0. The molecule has 1 atom stereocenters. The first-order valence-corrected chi connectivity index (χ1v) is 6.21. The third-order valence-electron chi connectivity index (χ3n) is 2.40. The summed E-state index contributed by atoms with van der Waals surface area (Å²) in [6, 6.07) is 0. The van der Waals surface area contributed by atoms with Crippen molar-refractivity contribution in [2.45, 2.75) is 52.4 Å². The van der Waals surface area contributed by atoms with Crippen LogP contribution in [0.25, 0.3) is 0 Å². The number of nitrogens with zero attached hydrogens (tertiary/aromatic N) is 2. The minimum Gasteiger partial charge on any atom is -0.465 e. The Kier molecular flexibility index (Phi) is 5.66. The zero-order valence-corrected chi connectivity index (χ0v) is 10.7. The van der Waals surface area contributed by atoms with E-state index < -0.39 is 5.92 Å². The van der Waals surface area contributed by atoms with Gasteiger partial charge in [-0.25, -0.2) is 0 Å². The maximum Gasteiger partial charge on any atom is 0.318 e. The molecule has 5 heteroatoms. The third-order valence-corrected chi connectivity index (χ3v) is 2.40. The van der Waals surface area contributed by atoms with Crippen LogP contribution in [-0.4, -0.2) is 22.7 Å². The van der Waals surface area contributed by atoms with E-state index in [4.69, 9.17) is 9.26 Å². The van der Waals surface area contributed by atoms with E-state index >= 15 is 0 Å². The van der Waals surface area contributed by atoms with Gasteiger partial charge in [-0.1, -0.05) is 25.4 Å². The fraction of sp³-hybridized carbons (Fsp3) is 0.750. The first kappa shape index (κ1) is 13.7. The highest BCUT2D eigenvalue weighted by Crippen LogP contribution is 2.21.